The van der Waals surface area contributed by atoms with Crippen molar-refractivity contribution in [1.29, 1.82) is 0 Å². The van der Waals surface area contributed by atoms with Crippen LogP contribution in [0.3, 0.4) is 0 Å². The molecule has 3 fully saturated rings. The van der Waals surface area contributed by atoms with Gasteiger partial charge in [-0.25, -0.2) is 0 Å². The summed E-state index contributed by atoms with van der Waals surface area (Å²) >= 11 is 0. The lowest BCUT2D eigenvalue weighted by molar-refractivity contribution is -0.0685. The van der Waals surface area contributed by atoms with Gasteiger partial charge in [0.1, 0.15) is 0 Å². The number of hydrogen-bond acceptors (Lipinski definition) is 3. The third-order valence-corrected chi connectivity index (χ3v) is 10.3. The molecular formula is C26H45NO2. The number of aliphatic hydroxyl groups excluding tert-OH is 2. The normalized spacial score (nSPS) is 47.9. The minimum Gasteiger partial charge on any atom is -0.393 e. The van der Waals surface area contributed by atoms with Crippen LogP contribution in [0.1, 0.15) is 98.3 Å². The Hall–Kier alpha value is -0.380. The smallest absolute Gasteiger partial charge is 0.0577 e. The largest absolute Gasteiger partial charge is 0.393 e. The molecule has 0 aromatic carbocycles. The summed E-state index contributed by atoms with van der Waals surface area (Å²) < 4.78 is 0. The van der Waals surface area contributed by atoms with Crippen molar-refractivity contribution < 1.29 is 10.2 Å². The maximum absolute atomic E-state index is 10.2. The van der Waals surface area contributed by atoms with Crippen LogP contribution < -0.4 is 5.73 Å². The van der Waals surface area contributed by atoms with Crippen LogP contribution >= 0.6 is 0 Å². The van der Waals surface area contributed by atoms with E-state index >= 15 is 0 Å². The van der Waals surface area contributed by atoms with Crippen LogP contribution in [-0.4, -0.2) is 28.0 Å². The molecule has 8 atom stereocenters. The van der Waals surface area contributed by atoms with Gasteiger partial charge in [0.2, 0.25) is 0 Å². The van der Waals surface area contributed by atoms with E-state index in [4.69, 9.17) is 5.73 Å². The molecule has 0 aromatic rings. The quantitative estimate of drug-likeness (QED) is 0.553. The Kier molecular flexibility index (Phi) is 5.75. The highest BCUT2D eigenvalue weighted by molar-refractivity contribution is 5.30. The van der Waals surface area contributed by atoms with Crippen molar-refractivity contribution in [3.05, 3.63) is 11.6 Å². The minimum absolute atomic E-state index is 0.0697. The fraction of sp³-hybridized carbons (Fsp3) is 0.923. The Morgan fingerprint density at radius 2 is 1.86 bits per heavy atom. The van der Waals surface area contributed by atoms with Gasteiger partial charge in [0.15, 0.2) is 0 Å². The number of nitrogens with two attached hydrogens (primary N) is 1. The van der Waals surface area contributed by atoms with Gasteiger partial charge in [-0.3, -0.25) is 0 Å². The van der Waals surface area contributed by atoms with Crippen LogP contribution in [0.25, 0.3) is 0 Å². The number of fused-ring (bicyclic) bond motifs is 5. The highest BCUT2D eigenvalue weighted by Gasteiger charge is 2.63. The third-order valence-electron chi connectivity index (χ3n) is 10.3. The Bertz CT molecular complexity index is 645. The fourth-order valence-electron chi connectivity index (χ4n) is 8.35. The molecule has 166 valence electrons. The van der Waals surface area contributed by atoms with Crippen LogP contribution in [0.15, 0.2) is 11.6 Å². The average molecular weight is 404 g/mol. The fourth-order valence-corrected chi connectivity index (χ4v) is 8.35. The predicted molar refractivity (Wildman–Crippen MR) is 119 cm³/mol. The van der Waals surface area contributed by atoms with Crippen LogP contribution in [0.2, 0.25) is 0 Å². The summed E-state index contributed by atoms with van der Waals surface area (Å²) in [5.74, 6) is 2.32. The van der Waals surface area contributed by atoms with Crippen molar-refractivity contribution in [2.24, 2.45) is 40.2 Å². The second kappa shape index (κ2) is 7.64. The van der Waals surface area contributed by atoms with Crippen molar-refractivity contribution in [1.82, 2.24) is 0 Å². The highest BCUT2D eigenvalue weighted by atomic mass is 16.3. The van der Waals surface area contributed by atoms with Gasteiger partial charge in [-0.2, -0.15) is 0 Å². The van der Waals surface area contributed by atoms with E-state index in [9.17, 15) is 10.2 Å². The topological polar surface area (TPSA) is 66.5 Å². The summed E-state index contributed by atoms with van der Waals surface area (Å²) in [6, 6.07) is 0. The van der Waals surface area contributed by atoms with E-state index < -0.39 is 0 Å². The first-order valence-corrected chi connectivity index (χ1v) is 12.5. The molecule has 0 bridgehead atoms. The van der Waals surface area contributed by atoms with E-state index in [0.29, 0.717) is 23.2 Å². The lowest BCUT2D eigenvalue weighted by Crippen LogP contribution is -2.66. The molecule has 4 aliphatic rings. The first kappa shape index (κ1) is 21.8. The second-order valence-electron chi connectivity index (χ2n) is 12.0. The van der Waals surface area contributed by atoms with E-state index in [1.54, 1.807) is 0 Å². The average Bonchev–Trinajstić information content (AvgIpc) is 3.00. The first-order chi connectivity index (χ1) is 13.6. The lowest BCUT2D eigenvalue weighted by atomic mass is 9.44. The zero-order chi connectivity index (χ0) is 21.0. The molecule has 0 saturated heterocycles. The monoisotopic (exact) mass is 403 g/mol. The van der Waals surface area contributed by atoms with Crippen LogP contribution in [-0.2, 0) is 0 Å². The van der Waals surface area contributed by atoms with E-state index in [1.165, 1.54) is 37.7 Å². The van der Waals surface area contributed by atoms with Crippen molar-refractivity contribution >= 4 is 0 Å². The van der Waals surface area contributed by atoms with Gasteiger partial charge in [0.05, 0.1) is 12.2 Å². The van der Waals surface area contributed by atoms with Gasteiger partial charge in [0, 0.05) is 5.54 Å². The van der Waals surface area contributed by atoms with Crippen LogP contribution in [0.4, 0.5) is 0 Å². The van der Waals surface area contributed by atoms with Crippen molar-refractivity contribution in [3.8, 4) is 0 Å². The minimum atomic E-state index is -0.153. The zero-order valence-electron chi connectivity index (χ0n) is 19.3. The molecular weight excluding hydrogens is 358 g/mol. The number of rotatable bonds is 5. The molecule has 4 rings (SSSR count). The summed E-state index contributed by atoms with van der Waals surface area (Å²) in [7, 11) is 0. The molecule has 0 aromatic heterocycles. The molecule has 0 radical (unpaired) electrons. The van der Waals surface area contributed by atoms with Gasteiger partial charge in [-0.05, 0) is 98.7 Å². The van der Waals surface area contributed by atoms with E-state index in [2.05, 4.69) is 33.8 Å². The summed E-state index contributed by atoms with van der Waals surface area (Å²) in [5, 5.41) is 20.4. The van der Waals surface area contributed by atoms with Crippen molar-refractivity contribution in [3.63, 3.8) is 0 Å². The SMILES string of the molecule is CC(C)C(O)CCCC1CCC2C1(C)CCC1C3(C)CCC(O)CC3=CCC12N. The standard InChI is InChI=1S/C26H45NO2/c1-17(2)21(29)7-5-6-18-8-9-22-24(18,3)14-12-23-25(4)13-11-20(28)16-19(25)10-15-26(22,23)27/h10,17-18,20-23,28-29H,5-9,11-16,27H2,1-4H3. The molecule has 3 nitrogen and oxygen atoms in total. The van der Waals surface area contributed by atoms with Gasteiger partial charge < -0.3 is 15.9 Å². The Morgan fingerprint density at radius 1 is 1.10 bits per heavy atom. The number of hydrogen-bond donors (Lipinski definition) is 3. The highest BCUT2D eigenvalue weighted by Crippen LogP contribution is 2.67. The van der Waals surface area contributed by atoms with Crippen LogP contribution in [0, 0.1) is 34.5 Å². The van der Waals surface area contributed by atoms with E-state index in [1.807, 2.05) is 0 Å². The summed E-state index contributed by atoms with van der Waals surface area (Å²) in [6.45, 7) is 9.24. The molecule has 0 heterocycles. The summed E-state index contributed by atoms with van der Waals surface area (Å²) in [5.41, 5.74) is 9.39. The van der Waals surface area contributed by atoms with E-state index in [0.717, 1.165) is 44.4 Å². The maximum Gasteiger partial charge on any atom is 0.0577 e. The molecule has 0 aliphatic heterocycles. The molecule has 4 aliphatic carbocycles. The molecule has 3 heteroatoms. The van der Waals surface area contributed by atoms with Crippen molar-refractivity contribution in [2.75, 3.05) is 0 Å². The molecule has 4 N–H and O–H groups in total. The molecule has 8 unspecified atom stereocenters. The Morgan fingerprint density at radius 3 is 2.59 bits per heavy atom. The zero-order valence-corrected chi connectivity index (χ0v) is 19.3. The summed E-state index contributed by atoms with van der Waals surface area (Å²) in [4.78, 5) is 0. The molecule has 0 amide bonds. The summed E-state index contributed by atoms with van der Waals surface area (Å²) in [6.07, 6.45) is 14.5. The van der Waals surface area contributed by atoms with Crippen molar-refractivity contribution in [2.45, 2.75) is 116 Å². The molecule has 29 heavy (non-hydrogen) atoms. The molecule has 3 saturated carbocycles. The first-order valence-electron chi connectivity index (χ1n) is 12.5. The predicted octanol–water partition coefficient (Wildman–Crippen LogP) is 5.19. The third kappa shape index (κ3) is 3.44. The van der Waals surface area contributed by atoms with Crippen LogP contribution in [0.5, 0.6) is 0 Å². The van der Waals surface area contributed by atoms with E-state index in [-0.39, 0.29) is 23.2 Å². The lowest BCUT2D eigenvalue weighted by Gasteiger charge is -2.63. The van der Waals surface area contributed by atoms with Gasteiger partial charge in [-0.1, -0.05) is 45.8 Å². The Balaban J connectivity index is 1.51. The molecule has 0 spiro atoms. The number of aliphatic hydroxyl groups is 2. The second-order valence-corrected chi connectivity index (χ2v) is 12.0. The maximum atomic E-state index is 10.2. The van der Waals surface area contributed by atoms with Gasteiger partial charge in [0.25, 0.3) is 0 Å². The van der Waals surface area contributed by atoms with Gasteiger partial charge in [-0.15, -0.1) is 0 Å². The Labute approximate surface area is 178 Å². The van der Waals surface area contributed by atoms with Gasteiger partial charge >= 0.3 is 0 Å².